The molecule has 1 aromatic carbocycles. The van der Waals surface area contributed by atoms with Gasteiger partial charge in [-0.1, -0.05) is 6.07 Å². The lowest BCUT2D eigenvalue weighted by molar-refractivity contribution is -0.138. The topological polar surface area (TPSA) is 140 Å². The summed E-state index contributed by atoms with van der Waals surface area (Å²) < 4.78 is 83.4. The molecule has 1 fully saturated rings. The molecular weight excluding hydrogens is 646 g/mol. The van der Waals surface area contributed by atoms with Crippen LogP contribution in [-0.2, 0) is 25.4 Å². The first-order valence-electron chi connectivity index (χ1n) is 14.3. The fraction of sp³-hybridized carbons (Fsp3) is 0.387. The Labute approximate surface area is 268 Å². The number of anilines is 1. The van der Waals surface area contributed by atoms with Crippen molar-refractivity contribution < 1.29 is 45.6 Å². The van der Waals surface area contributed by atoms with E-state index in [1.165, 1.54) is 48.4 Å². The van der Waals surface area contributed by atoms with E-state index in [0.29, 0.717) is 19.0 Å². The molecule has 0 radical (unpaired) electrons. The third-order valence-electron chi connectivity index (χ3n) is 7.01. The van der Waals surface area contributed by atoms with Gasteiger partial charge in [0.25, 0.3) is 11.8 Å². The summed E-state index contributed by atoms with van der Waals surface area (Å²) in [4.78, 5) is 47.9. The molecule has 47 heavy (non-hydrogen) atoms. The number of pyridine rings is 2. The van der Waals surface area contributed by atoms with Crippen LogP contribution in [0.3, 0.4) is 0 Å². The second kappa shape index (κ2) is 13.3. The van der Waals surface area contributed by atoms with Crippen molar-refractivity contribution in [3.8, 4) is 11.6 Å². The summed E-state index contributed by atoms with van der Waals surface area (Å²) in [5, 5.41) is 2.47. The number of aromatic nitrogens is 2. The number of alkyl halides is 3. The molecule has 1 saturated heterocycles. The zero-order valence-corrected chi connectivity index (χ0v) is 27.2. The highest BCUT2D eigenvalue weighted by Gasteiger charge is 2.38. The van der Waals surface area contributed by atoms with Crippen molar-refractivity contribution in [1.82, 2.24) is 14.9 Å². The van der Waals surface area contributed by atoms with E-state index in [4.69, 9.17) is 9.47 Å². The minimum Gasteiger partial charge on any atom is -0.444 e. The lowest BCUT2D eigenvalue weighted by atomic mass is 10.0. The number of hydrogen-bond donors (Lipinski definition) is 1. The number of nitrogens with one attached hydrogen (secondary N) is 1. The molecule has 252 valence electrons. The summed E-state index contributed by atoms with van der Waals surface area (Å²) in [6, 6.07) is 6.68. The number of carbonyl (C=O) groups excluding carboxylic acids is 3. The molecule has 3 aromatic rings. The van der Waals surface area contributed by atoms with E-state index < -0.39 is 74.0 Å². The van der Waals surface area contributed by atoms with E-state index in [-0.39, 0.29) is 28.6 Å². The third kappa shape index (κ3) is 8.41. The Kier molecular flexibility index (Phi) is 9.94. The average Bonchev–Trinajstić information content (AvgIpc) is 3.44. The van der Waals surface area contributed by atoms with Gasteiger partial charge in [-0.15, -0.1) is 0 Å². The number of nitrogens with zero attached hydrogens (tertiary/aromatic N) is 4. The minimum atomic E-state index is -4.85. The van der Waals surface area contributed by atoms with Gasteiger partial charge in [-0.3, -0.25) is 14.5 Å². The van der Waals surface area contributed by atoms with Crippen LogP contribution in [0.5, 0.6) is 11.6 Å². The summed E-state index contributed by atoms with van der Waals surface area (Å²) >= 11 is 0. The van der Waals surface area contributed by atoms with E-state index in [1.807, 2.05) is 0 Å². The fourth-order valence-corrected chi connectivity index (χ4v) is 6.04. The molecule has 0 unspecified atom stereocenters. The van der Waals surface area contributed by atoms with Crippen LogP contribution in [-0.4, -0.2) is 61.4 Å². The summed E-state index contributed by atoms with van der Waals surface area (Å²) in [7, 11) is -3.42. The smallest absolute Gasteiger partial charge is 0.418 e. The molecule has 0 spiro atoms. The number of ether oxygens (including phenoxy) is 2. The zero-order valence-electron chi connectivity index (χ0n) is 26.4. The summed E-state index contributed by atoms with van der Waals surface area (Å²) in [5.74, 6) is -3.18. The van der Waals surface area contributed by atoms with E-state index in [2.05, 4.69) is 19.6 Å². The standard InChI is InChI=1S/C31H33F4N5O6S/c1-17-21(31(33,34)35)16-36-28(45-23-12-13-24(32)37-18(23)2)25(17)27(42)38-19-9-7-10-20(15-19)47(6,44)39-26(41)22-11-8-14-40(22)29(43)46-30(3,4)5/h7,9-10,12-13,15-16,22H,8,11,14H2,1-6H3,(H,38,42)/t22-,47-/m1/s1. The molecule has 0 bridgehead atoms. The Morgan fingerprint density at radius 1 is 1.11 bits per heavy atom. The highest BCUT2D eigenvalue weighted by molar-refractivity contribution is 7.93. The lowest BCUT2D eigenvalue weighted by Gasteiger charge is -2.27. The molecule has 11 nitrogen and oxygen atoms in total. The van der Waals surface area contributed by atoms with Gasteiger partial charge in [0.2, 0.25) is 11.8 Å². The van der Waals surface area contributed by atoms with E-state index in [9.17, 15) is 36.2 Å². The van der Waals surface area contributed by atoms with E-state index in [1.54, 1.807) is 20.8 Å². The molecular formula is C31H33F4N5O6S. The van der Waals surface area contributed by atoms with Crippen LogP contribution in [0.4, 0.5) is 28.0 Å². The number of amides is 3. The minimum absolute atomic E-state index is 0.0170. The van der Waals surface area contributed by atoms with Crippen LogP contribution in [0.2, 0.25) is 0 Å². The molecule has 3 amide bonds. The van der Waals surface area contributed by atoms with Gasteiger partial charge in [0.15, 0.2) is 5.75 Å². The number of benzene rings is 1. The van der Waals surface area contributed by atoms with Crippen LogP contribution in [0.15, 0.2) is 51.9 Å². The predicted molar refractivity (Wildman–Crippen MR) is 163 cm³/mol. The summed E-state index contributed by atoms with van der Waals surface area (Å²) in [5.41, 5.74) is -2.95. The predicted octanol–water partition coefficient (Wildman–Crippen LogP) is 6.68. The van der Waals surface area contributed by atoms with Gasteiger partial charge in [0, 0.05) is 29.6 Å². The van der Waals surface area contributed by atoms with Crippen molar-refractivity contribution in [2.45, 2.75) is 70.2 Å². The van der Waals surface area contributed by atoms with E-state index >= 15 is 0 Å². The van der Waals surface area contributed by atoms with Crippen LogP contribution in [0.25, 0.3) is 0 Å². The molecule has 1 aliphatic rings. The van der Waals surface area contributed by atoms with E-state index in [0.717, 1.165) is 13.0 Å². The van der Waals surface area contributed by atoms with Crippen LogP contribution >= 0.6 is 0 Å². The van der Waals surface area contributed by atoms with Crippen LogP contribution in [0, 0.1) is 19.8 Å². The Morgan fingerprint density at radius 3 is 2.45 bits per heavy atom. The maximum Gasteiger partial charge on any atom is 0.418 e. The maximum atomic E-state index is 13.8. The Bertz CT molecular complexity index is 1850. The first-order chi connectivity index (χ1) is 21.8. The second-order valence-electron chi connectivity index (χ2n) is 11.8. The van der Waals surface area contributed by atoms with Crippen molar-refractivity contribution in [2.24, 2.45) is 4.36 Å². The third-order valence-corrected chi connectivity index (χ3v) is 8.66. The number of halogens is 4. The van der Waals surface area contributed by atoms with Gasteiger partial charge in [-0.25, -0.2) is 19.0 Å². The SMILES string of the molecule is Cc1nc(F)ccc1Oc1ncc(C(F)(F)F)c(C)c1C(=O)Nc1cccc([S@@](C)(=O)=NC(=O)[C@H]2CCCN2C(=O)OC(C)(C)C)c1. The number of aryl methyl sites for hydroxylation is 1. The Morgan fingerprint density at radius 2 is 1.81 bits per heavy atom. The van der Waals surface area contributed by atoms with Gasteiger partial charge in [-0.2, -0.15) is 21.9 Å². The van der Waals surface area contributed by atoms with Gasteiger partial charge in [0.1, 0.15) is 17.2 Å². The van der Waals surface area contributed by atoms with Crippen molar-refractivity contribution in [2.75, 3.05) is 18.1 Å². The molecule has 1 N–H and O–H groups in total. The molecule has 1 aliphatic heterocycles. The van der Waals surface area contributed by atoms with Crippen LogP contribution < -0.4 is 10.1 Å². The molecule has 3 heterocycles. The number of carbonyl (C=O) groups is 3. The zero-order chi connectivity index (χ0) is 34.9. The molecule has 4 rings (SSSR count). The van der Waals surface area contributed by atoms with Gasteiger partial charge in [0.05, 0.1) is 21.0 Å². The Hall–Kier alpha value is -4.60. The number of likely N-dealkylation sites (tertiary alicyclic amines) is 1. The maximum absolute atomic E-state index is 13.8. The highest BCUT2D eigenvalue weighted by atomic mass is 32.2. The van der Waals surface area contributed by atoms with Gasteiger partial charge < -0.3 is 14.8 Å². The molecule has 0 aliphatic carbocycles. The first kappa shape index (κ1) is 35.3. The number of hydrogen-bond acceptors (Lipinski definition) is 8. The fourth-order valence-electron chi connectivity index (χ4n) is 4.79. The monoisotopic (exact) mass is 679 g/mol. The van der Waals surface area contributed by atoms with Crippen molar-refractivity contribution >= 4 is 33.3 Å². The summed E-state index contributed by atoms with van der Waals surface area (Å²) in [6.07, 6.45) is -2.99. The molecule has 0 saturated carbocycles. The average molecular weight is 680 g/mol. The summed E-state index contributed by atoms with van der Waals surface area (Å²) in [6.45, 7) is 7.81. The normalized spacial score (nSPS) is 16.3. The second-order valence-corrected chi connectivity index (χ2v) is 14.1. The van der Waals surface area contributed by atoms with Crippen LogP contribution in [0.1, 0.15) is 60.8 Å². The molecule has 2 aromatic heterocycles. The molecule has 2 atom stereocenters. The van der Waals surface area contributed by atoms with Gasteiger partial charge >= 0.3 is 12.3 Å². The number of rotatable bonds is 6. The Balaban J connectivity index is 1.64. The quantitative estimate of drug-likeness (QED) is 0.225. The van der Waals surface area contributed by atoms with Gasteiger partial charge in [-0.05, 0) is 83.4 Å². The first-order valence-corrected chi connectivity index (χ1v) is 16.2. The van der Waals surface area contributed by atoms with Crippen molar-refractivity contribution in [3.05, 3.63) is 70.9 Å². The molecule has 16 heteroatoms. The lowest BCUT2D eigenvalue weighted by Crippen LogP contribution is -2.43. The van der Waals surface area contributed by atoms with Crippen molar-refractivity contribution in [1.29, 1.82) is 0 Å². The highest BCUT2D eigenvalue weighted by Crippen LogP contribution is 2.37. The largest absolute Gasteiger partial charge is 0.444 e. The van der Waals surface area contributed by atoms with Crippen molar-refractivity contribution in [3.63, 3.8) is 0 Å².